The van der Waals surface area contributed by atoms with Gasteiger partial charge in [-0.2, -0.15) is 4.98 Å². The molecular weight excluding hydrogens is 264 g/mol. The molecule has 0 spiro atoms. The van der Waals surface area contributed by atoms with Crippen molar-refractivity contribution in [2.75, 3.05) is 31.4 Å². The maximum absolute atomic E-state index is 5.47. The molecule has 6 heteroatoms. The van der Waals surface area contributed by atoms with Gasteiger partial charge < -0.3 is 10.2 Å². The molecule has 1 heterocycles. The Balaban J connectivity index is 1.89. The Hall–Kier alpha value is -1.92. The molecule has 3 rings (SSSR count). The van der Waals surface area contributed by atoms with Gasteiger partial charge in [-0.1, -0.05) is 12.1 Å². The Bertz CT molecular complexity index is 635. The number of aromatic nitrogens is 2. The second kappa shape index (κ2) is 5.46. The fourth-order valence-corrected chi connectivity index (χ4v) is 2.89. The summed E-state index contributed by atoms with van der Waals surface area (Å²) in [7, 11) is 4.29. The molecule has 1 aromatic carbocycles. The van der Waals surface area contributed by atoms with Gasteiger partial charge in [-0.15, -0.1) is 0 Å². The molecule has 1 aromatic heterocycles. The smallest absolute Gasteiger partial charge is 0.239 e. The van der Waals surface area contributed by atoms with E-state index in [4.69, 9.17) is 5.84 Å². The van der Waals surface area contributed by atoms with Gasteiger partial charge in [0.25, 0.3) is 0 Å². The Morgan fingerprint density at radius 1 is 1.24 bits per heavy atom. The topological polar surface area (TPSA) is 79.1 Å². The van der Waals surface area contributed by atoms with Crippen LogP contribution >= 0.6 is 0 Å². The van der Waals surface area contributed by atoms with Crippen LogP contribution in [0.25, 0.3) is 10.9 Å². The van der Waals surface area contributed by atoms with Crippen LogP contribution in [0.4, 0.5) is 11.8 Å². The number of anilines is 2. The van der Waals surface area contributed by atoms with E-state index in [-0.39, 0.29) is 5.54 Å². The van der Waals surface area contributed by atoms with Crippen LogP contribution in [0.5, 0.6) is 0 Å². The van der Waals surface area contributed by atoms with E-state index in [0.717, 1.165) is 23.3 Å². The molecule has 112 valence electrons. The number of fused-ring (bicyclic) bond motifs is 1. The average molecular weight is 286 g/mol. The van der Waals surface area contributed by atoms with Crippen molar-refractivity contribution in [3.63, 3.8) is 0 Å². The summed E-state index contributed by atoms with van der Waals surface area (Å²) in [6.07, 6.45) is 3.73. The molecule has 0 atom stereocenters. The van der Waals surface area contributed by atoms with Gasteiger partial charge >= 0.3 is 0 Å². The monoisotopic (exact) mass is 286 g/mol. The number of para-hydroxylation sites is 1. The summed E-state index contributed by atoms with van der Waals surface area (Å²) in [5, 5.41) is 4.52. The second-order valence-corrected chi connectivity index (χ2v) is 5.88. The number of rotatable bonds is 5. The molecule has 1 aliphatic carbocycles. The normalized spacial score (nSPS) is 16.8. The Morgan fingerprint density at radius 2 is 2.00 bits per heavy atom. The number of hydrogen-bond donors (Lipinski definition) is 3. The number of nitrogens with one attached hydrogen (secondary N) is 2. The first kappa shape index (κ1) is 14.0. The summed E-state index contributed by atoms with van der Waals surface area (Å²) in [6, 6.07) is 7.96. The van der Waals surface area contributed by atoms with Crippen molar-refractivity contribution in [2.45, 2.75) is 24.8 Å². The summed E-state index contributed by atoms with van der Waals surface area (Å²) < 4.78 is 0. The predicted octanol–water partition coefficient (Wildman–Crippen LogP) is 1.81. The molecule has 0 bridgehead atoms. The molecule has 0 aliphatic heterocycles. The summed E-state index contributed by atoms with van der Waals surface area (Å²) in [5.74, 6) is 6.74. The van der Waals surface area contributed by atoms with Crippen LogP contribution in [-0.4, -0.2) is 41.0 Å². The van der Waals surface area contributed by atoms with E-state index in [1.54, 1.807) is 0 Å². The Morgan fingerprint density at radius 3 is 2.62 bits per heavy atom. The van der Waals surface area contributed by atoms with Crippen molar-refractivity contribution in [1.82, 2.24) is 14.9 Å². The van der Waals surface area contributed by atoms with E-state index in [1.165, 1.54) is 19.3 Å². The van der Waals surface area contributed by atoms with E-state index in [2.05, 4.69) is 39.7 Å². The highest BCUT2D eigenvalue weighted by atomic mass is 15.3. The molecule has 1 saturated carbocycles. The Labute approximate surface area is 124 Å². The van der Waals surface area contributed by atoms with Gasteiger partial charge in [-0.25, -0.2) is 10.8 Å². The van der Waals surface area contributed by atoms with E-state index in [9.17, 15) is 0 Å². The second-order valence-electron chi connectivity index (χ2n) is 5.88. The molecular formula is C15H22N6. The predicted molar refractivity (Wildman–Crippen MR) is 86.1 cm³/mol. The summed E-state index contributed by atoms with van der Waals surface area (Å²) in [6.45, 7) is 0.880. The zero-order valence-corrected chi connectivity index (χ0v) is 12.6. The quantitative estimate of drug-likeness (QED) is 0.575. The molecule has 4 N–H and O–H groups in total. The lowest BCUT2D eigenvalue weighted by molar-refractivity contribution is 0.0738. The number of nitrogens with zero attached hydrogens (tertiary/aromatic N) is 3. The van der Waals surface area contributed by atoms with Crippen molar-refractivity contribution < 1.29 is 0 Å². The van der Waals surface area contributed by atoms with Crippen molar-refractivity contribution in [3.8, 4) is 0 Å². The fraction of sp³-hybridized carbons (Fsp3) is 0.467. The SMILES string of the molecule is CN(C)C1(CNc2nc(NN)nc3ccccc23)CCC1. The van der Waals surface area contributed by atoms with E-state index < -0.39 is 0 Å². The number of nitrogen functional groups attached to an aromatic ring is 1. The van der Waals surface area contributed by atoms with Gasteiger partial charge in [0.2, 0.25) is 5.95 Å². The van der Waals surface area contributed by atoms with Crippen molar-refractivity contribution >= 4 is 22.7 Å². The first-order chi connectivity index (χ1) is 10.1. The van der Waals surface area contributed by atoms with Gasteiger partial charge in [0.15, 0.2) is 0 Å². The third-order valence-corrected chi connectivity index (χ3v) is 4.55. The van der Waals surface area contributed by atoms with Crippen LogP contribution in [0.15, 0.2) is 24.3 Å². The number of hydrazine groups is 1. The lowest BCUT2D eigenvalue weighted by atomic mass is 9.75. The lowest BCUT2D eigenvalue weighted by Crippen LogP contribution is -2.54. The van der Waals surface area contributed by atoms with Crippen LogP contribution in [-0.2, 0) is 0 Å². The third kappa shape index (κ3) is 2.52. The zero-order chi connectivity index (χ0) is 14.9. The molecule has 1 fully saturated rings. The number of hydrogen-bond acceptors (Lipinski definition) is 6. The van der Waals surface area contributed by atoms with E-state index >= 15 is 0 Å². The first-order valence-corrected chi connectivity index (χ1v) is 7.29. The molecule has 1 aliphatic rings. The highest BCUT2D eigenvalue weighted by Gasteiger charge is 2.38. The van der Waals surface area contributed by atoms with Crippen LogP contribution < -0.4 is 16.6 Å². The van der Waals surface area contributed by atoms with Gasteiger partial charge in [-0.3, -0.25) is 5.43 Å². The van der Waals surface area contributed by atoms with E-state index in [1.807, 2.05) is 24.3 Å². The summed E-state index contributed by atoms with van der Waals surface area (Å²) in [4.78, 5) is 11.1. The molecule has 2 aromatic rings. The molecule has 0 saturated heterocycles. The van der Waals surface area contributed by atoms with Crippen LogP contribution in [0.1, 0.15) is 19.3 Å². The van der Waals surface area contributed by atoms with Gasteiger partial charge in [-0.05, 0) is 45.5 Å². The van der Waals surface area contributed by atoms with Crippen molar-refractivity contribution in [2.24, 2.45) is 5.84 Å². The third-order valence-electron chi connectivity index (χ3n) is 4.55. The van der Waals surface area contributed by atoms with Gasteiger partial charge in [0, 0.05) is 17.5 Å². The van der Waals surface area contributed by atoms with Crippen molar-refractivity contribution in [3.05, 3.63) is 24.3 Å². The first-order valence-electron chi connectivity index (χ1n) is 7.29. The van der Waals surface area contributed by atoms with Gasteiger partial charge in [0.1, 0.15) is 5.82 Å². The number of benzene rings is 1. The summed E-state index contributed by atoms with van der Waals surface area (Å²) in [5.41, 5.74) is 3.66. The molecule has 21 heavy (non-hydrogen) atoms. The minimum atomic E-state index is 0.238. The highest BCUT2D eigenvalue weighted by Crippen LogP contribution is 2.36. The highest BCUT2D eigenvalue weighted by molar-refractivity contribution is 5.90. The lowest BCUT2D eigenvalue weighted by Gasteiger charge is -2.47. The minimum Gasteiger partial charge on any atom is -0.368 e. The molecule has 6 nitrogen and oxygen atoms in total. The maximum Gasteiger partial charge on any atom is 0.239 e. The van der Waals surface area contributed by atoms with Gasteiger partial charge in [0.05, 0.1) is 5.52 Å². The fourth-order valence-electron chi connectivity index (χ4n) is 2.89. The molecule has 0 radical (unpaired) electrons. The Kier molecular flexibility index (Phi) is 3.65. The van der Waals surface area contributed by atoms with Crippen LogP contribution in [0.2, 0.25) is 0 Å². The maximum atomic E-state index is 5.47. The standard InChI is InChI=1S/C15H22N6/c1-21(2)15(8-5-9-15)10-17-13-11-6-3-4-7-12(11)18-14(19-13)20-16/h3-4,6-7H,5,8-10,16H2,1-2H3,(H2,17,18,19,20). The average Bonchev–Trinajstić information content (AvgIpc) is 2.45. The largest absolute Gasteiger partial charge is 0.368 e. The van der Waals surface area contributed by atoms with Crippen molar-refractivity contribution in [1.29, 1.82) is 0 Å². The number of nitrogens with two attached hydrogens (primary N) is 1. The van der Waals surface area contributed by atoms with Crippen LogP contribution in [0, 0.1) is 0 Å². The molecule has 0 amide bonds. The molecule has 0 unspecified atom stereocenters. The minimum absolute atomic E-state index is 0.238. The van der Waals surface area contributed by atoms with Crippen LogP contribution in [0.3, 0.4) is 0 Å². The zero-order valence-electron chi connectivity index (χ0n) is 12.6. The summed E-state index contributed by atoms with van der Waals surface area (Å²) >= 11 is 0. The van der Waals surface area contributed by atoms with E-state index in [0.29, 0.717) is 5.95 Å². The number of likely N-dealkylation sites (N-methyl/N-ethyl adjacent to an activating group) is 1.